The summed E-state index contributed by atoms with van der Waals surface area (Å²) in [6, 6.07) is 14.9. The average molecular weight is 477 g/mol. The number of hydrogen-bond donors (Lipinski definition) is 2. The predicted molar refractivity (Wildman–Crippen MR) is 128 cm³/mol. The van der Waals surface area contributed by atoms with Gasteiger partial charge in [-0.25, -0.2) is 0 Å². The lowest BCUT2D eigenvalue weighted by atomic mass is 9.87. The third kappa shape index (κ3) is 5.29. The van der Waals surface area contributed by atoms with E-state index in [0.717, 1.165) is 24.1 Å². The van der Waals surface area contributed by atoms with Crippen molar-refractivity contribution in [3.8, 4) is 0 Å². The average Bonchev–Trinajstić information content (AvgIpc) is 3.19. The van der Waals surface area contributed by atoms with Crippen molar-refractivity contribution >= 4 is 57.8 Å². The largest absolute Gasteiger partial charge is 0.388 e. The van der Waals surface area contributed by atoms with E-state index in [9.17, 15) is 4.79 Å². The number of amides is 1. The molecule has 6 nitrogen and oxygen atoms in total. The van der Waals surface area contributed by atoms with Crippen LogP contribution in [-0.2, 0) is 16.2 Å². The maximum atomic E-state index is 12.5. The second-order valence-electron chi connectivity index (χ2n) is 7.70. The molecule has 2 aliphatic heterocycles. The quantitative estimate of drug-likeness (QED) is 0.630. The van der Waals surface area contributed by atoms with Crippen molar-refractivity contribution in [2.24, 2.45) is 5.16 Å². The Labute approximate surface area is 196 Å². The molecule has 0 aliphatic carbocycles. The fraction of sp³-hybridized carbons (Fsp3) is 0.318. The van der Waals surface area contributed by atoms with Gasteiger partial charge in [-0.15, -0.1) is 0 Å². The number of likely N-dealkylation sites (tertiary alicyclic amines) is 1. The van der Waals surface area contributed by atoms with Gasteiger partial charge >= 0.3 is 0 Å². The van der Waals surface area contributed by atoms with Crippen LogP contribution in [0.25, 0.3) is 0 Å². The number of nitrogens with zero attached hydrogens (tertiary/aromatic N) is 2. The van der Waals surface area contributed by atoms with Crippen LogP contribution in [-0.4, -0.2) is 40.3 Å². The summed E-state index contributed by atoms with van der Waals surface area (Å²) < 4.78 is 0. The summed E-state index contributed by atoms with van der Waals surface area (Å²) in [4.78, 5) is 20.4. The molecule has 31 heavy (non-hydrogen) atoms. The Morgan fingerprint density at radius 1 is 1.13 bits per heavy atom. The number of anilines is 1. The lowest BCUT2D eigenvalue weighted by Crippen LogP contribution is -2.48. The lowest BCUT2D eigenvalue weighted by Gasteiger charge is -2.38. The van der Waals surface area contributed by atoms with Gasteiger partial charge in [0.2, 0.25) is 0 Å². The van der Waals surface area contributed by atoms with Crippen LogP contribution in [0.2, 0.25) is 10.0 Å². The van der Waals surface area contributed by atoms with E-state index in [2.05, 4.69) is 20.7 Å². The Balaban J connectivity index is 1.26. The second kappa shape index (κ2) is 9.42. The van der Waals surface area contributed by atoms with E-state index in [4.69, 9.17) is 40.3 Å². The van der Waals surface area contributed by atoms with Crippen molar-refractivity contribution in [3.63, 3.8) is 0 Å². The highest BCUT2D eigenvalue weighted by molar-refractivity contribution is 7.80. The normalized spacial score (nSPS) is 17.1. The Bertz CT molecular complexity index is 1000. The van der Waals surface area contributed by atoms with Gasteiger partial charge in [0.05, 0.1) is 10.7 Å². The Hall–Kier alpha value is -2.35. The number of carbonyl (C=O) groups excluding carboxylic acids is 1. The van der Waals surface area contributed by atoms with Gasteiger partial charge in [-0.05, 0) is 42.0 Å². The van der Waals surface area contributed by atoms with Gasteiger partial charge in [0, 0.05) is 43.9 Å². The van der Waals surface area contributed by atoms with E-state index in [1.807, 2.05) is 36.4 Å². The van der Waals surface area contributed by atoms with Crippen LogP contribution in [0, 0.1) is 0 Å². The minimum Gasteiger partial charge on any atom is -0.388 e. The number of benzene rings is 2. The van der Waals surface area contributed by atoms with E-state index in [-0.39, 0.29) is 5.91 Å². The summed E-state index contributed by atoms with van der Waals surface area (Å²) in [5.74, 6) is -0.204. The van der Waals surface area contributed by atoms with Crippen LogP contribution in [0.5, 0.6) is 0 Å². The number of nitrogens with one attached hydrogen (secondary N) is 2. The molecule has 2 aromatic rings. The summed E-state index contributed by atoms with van der Waals surface area (Å²) in [6.07, 6.45) is 1.96. The predicted octanol–water partition coefficient (Wildman–Crippen LogP) is 4.62. The summed E-state index contributed by atoms with van der Waals surface area (Å²) in [6.45, 7) is 1.84. The van der Waals surface area contributed by atoms with Crippen molar-refractivity contribution in [2.45, 2.75) is 31.4 Å². The zero-order chi connectivity index (χ0) is 21.8. The molecule has 2 aliphatic rings. The molecule has 0 unspecified atom stereocenters. The monoisotopic (exact) mass is 476 g/mol. The Morgan fingerprint density at radius 2 is 1.84 bits per heavy atom. The van der Waals surface area contributed by atoms with E-state index in [1.165, 1.54) is 0 Å². The number of oxime groups is 1. The molecule has 0 aromatic heterocycles. The van der Waals surface area contributed by atoms with E-state index in [0.29, 0.717) is 46.9 Å². The number of halogens is 2. The minimum absolute atomic E-state index is 0.204. The smallest absolute Gasteiger partial charge is 0.269 e. The maximum absolute atomic E-state index is 12.5. The van der Waals surface area contributed by atoms with Gasteiger partial charge in [0.15, 0.2) is 5.11 Å². The van der Waals surface area contributed by atoms with Crippen LogP contribution in [0.15, 0.2) is 53.7 Å². The number of hydrogen-bond acceptors (Lipinski definition) is 4. The maximum Gasteiger partial charge on any atom is 0.269 e. The zero-order valence-corrected chi connectivity index (χ0v) is 19.1. The molecule has 2 N–H and O–H groups in total. The lowest BCUT2D eigenvalue weighted by molar-refractivity contribution is -0.115. The molecule has 0 bridgehead atoms. The summed E-state index contributed by atoms with van der Waals surface area (Å²) in [5, 5.41) is 12.1. The van der Waals surface area contributed by atoms with Crippen LogP contribution in [0.1, 0.15) is 24.8 Å². The number of rotatable bonds is 4. The van der Waals surface area contributed by atoms with E-state index < -0.39 is 5.60 Å². The van der Waals surface area contributed by atoms with Crippen molar-refractivity contribution in [2.75, 3.05) is 18.4 Å². The first-order valence-electron chi connectivity index (χ1n) is 10.0. The van der Waals surface area contributed by atoms with Gasteiger partial charge in [-0.1, -0.05) is 52.6 Å². The van der Waals surface area contributed by atoms with Crippen LogP contribution in [0.4, 0.5) is 5.69 Å². The SMILES string of the molecule is O=C(NCc1ccc(Cl)cc1)C1=NOC2(CCN(C(=S)Nc3ccccc3Cl)CC2)C1. The third-order valence-corrected chi connectivity index (χ3v) is 6.49. The molecule has 2 heterocycles. The molecule has 1 spiro atoms. The molecule has 4 rings (SSSR count). The highest BCUT2D eigenvalue weighted by Gasteiger charge is 2.44. The highest BCUT2D eigenvalue weighted by atomic mass is 35.5. The Morgan fingerprint density at radius 3 is 2.55 bits per heavy atom. The molecule has 1 fully saturated rings. The molecule has 162 valence electrons. The van der Waals surface area contributed by atoms with Crippen molar-refractivity contribution < 1.29 is 9.63 Å². The molecule has 0 radical (unpaired) electrons. The molecular formula is C22H22Cl2N4O2S. The Kier molecular flexibility index (Phi) is 6.65. The minimum atomic E-state index is -0.441. The third-order valence-electron chi connectivity index (χ3n) is 5.54. The molecule has 1 saturated heterocycles. The van der Waals surface area contributed by atoms with Crippen LogP contribution in [0.3, 0.4) is 0 Å². The molecule has 2 aromatic carbocycles. The zero-order valence-electron chi connectivity index (χ0n) is 16.7. The number of carbonyl (C=O) groups is 1. The van der Waals surface area contributed by atoms with Crippen molar-refractivity contribution in [1.82, 2.24) is 10.2 Å². The number of piperidine rings is 1. The standard InChI is InChI=1S/C22H22Cl2N4O2S/c23-16-7-5-15(6-8-16)14-25-20(29)19-13-22(30-27-19)9-11-28(12-10-22)21(31)26-18-4-2-1-3-17(18)24/h1-8H,9-14H2,(H,25,29)(H,26,31). The van der Waals surface area contributed by atoms with E-state index in [1.54, 1.807) is 12.1 Å². The van der Waals surface area contributed by atoms with Crippen LogP contribution >= 0.6 is 35.4 Å². The summed E-state index contributed by atoms with van der Waals surface area (Å²) in [5.41, 5.74) is 1.75. The molecular weight excluding hydrogens is 455 g/mol. The number of thiocarbonyl (C=S) groups is 1. The summed E-state index contributed by atoms with van der Waals surface area (Å²) in [7, 11) is 0. The molecule has 0 atom stereocenters. The van der Waals surface area contributed by atoms with Gasteiger partial charge in [0.1, 0.15) is 11.3 Å². The molecule has 0 saturated carbocycles. The van der Waals surface area contributed by atoms with Crippen molar-refractivity contribution in [1.29, 1.82) is 0 Å². The van der Waals surface area contributed by atoms with Crippen LogP contribution < -0.4 is 10.6 Å². The fourth-order valence-corrected chi connectivity index (χ4v) is 4.27. The van der Waals surface area contributed by atoms with Gasteiger partial charge < -0.3 is 20.4 Å². The van der Waals surface area contributed by atoms with Gasteiger partial charge in [-0.3, -0.25) is 4.79 Å². The molecule has 1 amide bonds. The van der Waals surface area contributed by atoms with Gasteiger partial charge in [0.25, 0.3) is 5.91 Å². The summed E-state index contributed by atoms with van der Waals surface area (Å²) >= 11 is 17.6. The highest BCUT2D eigenvalue weighted by Crippen LogP contribution is 2.35. The first kappa shape index (κ1) is 21.9. The van der Waals surface area contributed by atoms with Crippen molar-refractivity contribution in [3.05, 3.63) is 64.1 Å². The van der Waals surface area contributed by atoms with E-state index >= 15 is 0 Å². The topological polar surface area (TPSA) is 66.0 Å². The van der Waals surface area contributed by atoms with Gasteiger partial charge in [-0.2, -0.15) is 0 Å². The number of para-hydroxylation sites is 1. The second-order valence-corrected chi connectivity index (χ2v) is 8.93. The first-order chi connectivity index (χ1) is 14.9. The fourth-order valence-electron chi connectivity index (χ4n) is 3.67. The molecule has 9 heteroatoms. The first-order valence-corrected chi connectivity index (χ1v) is 11.2.